The molecule has 0 amide bonds. The largest absolute Gasteiger partial charge is 0.488 e. The first-order valence-electron chi connectivity index (χ1n) is 6.52. The van der Waals surface area contributed by atoms with Gasteiger partial charge in [-0.25, -0.2) is 0 Å². The van der Waals surface area contributed by atoms with E-state index in [0.29, 0.717) is 6.54 Å². The zero-order chi connectivity index (χ0) is 15.3. The van der Waals surface area contributed by atoms with Crippen LogP contribution in [0.2, 0.25) is 0 Å². The van der Waals surface area contributed by atoms with Crippen LogP contribution >= 0.6 is 0 Å². The van der Waals surface area contributed by atoms with Gasteiger partial charge in [0.1, 0.15) is 12.4 Å². The zero-order valence-electron chi connectivity index (χ0n) is 11.6. The molecule has 0 aliphatic carbocycles. The summed E-state index contributed by atoms with van der Waals surface area (Å²) in [6.45, 7) is 0.803. The summed E-state index contributed by atoms with van der Waals surface area (Å²) >= 11 is 0. The normalized spacial score (nSPS) is 11.4. The number of benzene rings is 2. The van der Waals surface area contributed by atoms with Crippen LogP contribution in [0.5, 0.6) is 5.75 Å². The lowest BCUT2D eigenvalue weighted by Gasteiger charge is -2.14. The maximum atomic E-state index is 12.9. The van der Waals surface area contributed by atoms with Gasteiger partial charge < -0.3 is 10.1 Å². The average Bonchev–Trinajstić information content (AvgIpc) is 2.45. The maximum Gasteiger partial charge on any atom is 0.419 e. The molecule has 2 nitrogen and oxygen atoms in total. The van der Waals surface area contributed by atoms with Gasteiger partial charge >= 0.3 is 6.18 Å². The maximum absolute atomic E-state index is 12.9. The first-order valence-corrected chi connectivity index (χ1v) is 6.52. The van der Waals surface area contributed by atoms with Crippen molar-refractivity contribution in [2.24, 2.45) is 0 Å². The summed E-state index contributed by atoms with van der Waals surface area (Å²) in [5.74, 6) is -0.149. The Hall–Kier alpha value is -2.01. The molecule has 0 unspecified atom stereocenters. The summed E-state index contributed by atoms with van der Waals surface area (Å²) in [6, 6.07) is 12.8. The van der Waals surface area contributed by atoms with Crippen LogP contribution in [-0.4, -0.2) is 7.05 Å². The molecule has 2 rings (SSSR count). The summed E-state index contributed by atoms with van der Waals surface area (Å²) < 4.78 is 43.9. The van der Waals surface area contributed by atoms with Crippen LogP contribution in [0.25, 0.3) is 0 Å². The van der Waals surface area contributed by atoms with Crippen molar-refractivity contribution in [1.29, 1.82) is 0 Å². The van der Waals surface area contributed by atoms with Crippen LogP contribution in [-0.2, 0) is 19.3 Å². The molecule has 0 spiro atoms. The minimum absolute atomic E-state index is 0.102. The molecule has 0 aliphatic rings. The average molecular weight is 295 g/mol. The second kappa shape index (κ2) is 6.63. The van der Waals surface area contributed by atoms with E-state index in [4.69, 9.17) is 4.74 Å². The smallest absolute Gasteiger partial charge is 0.419 e. The van der Waals surface area contributed by atoms with E-state index in [1.165, 1.54) is 18.2 Å². The Bertz CT molecular complexity index is 596. The summed E-state index contributed by atoms with van der Waals surface area (Å²) in [4.78, 5) is 0. The summed E-state index contributed by atoms with van der Waals surface area (Å²) in [5.41, 5.74) is 1.14. The fraction of sp³-hybridized carbons (Fsp3) is 0.250. The Morgan fingerprint density at radius 2 is 1.71 bits per heavy atom. The number of alkyl halides is 3. The first kappa shape index (κ1) is 15.4. The third-order valence-electron chi connectivity index (χ3n) is 2.96. The topological polar surface area (TPSA) is 21.3 Å². The molecular formula is C16H16F3NO. The molecular weight excluding hydrogens is 279 g/mol. The fourth-order valence-corrected chi connectivity index (χ4v) is 2.02. The standard InChI is InChI=1S/C16H16F3NO/c1-20-10-12-5-4-6-13(9-12)11-21-15-8-3-2-7-14(15)16(17,18)19/h2-9,20H,10-11H2,1H3. The van der Waals surface area contributed by atoms with Crippen LogP contribution in [0.15, 0.2) is 48.5 Å². The van der Waals surface area contributed by atoms with Crippen molar-refractivity contribution >= 4 is 0 Å². The minimum Gasteiger partial charge on any atom is -0.488 e. The minimum atomic E-state index is -4.41. The van der Waals surface area contributed by atoms with E-state index in [1.54, 1.807) is 0 Å². The predicted molar refractivity (Wildman–Crippen MR) is 75.0 cm³/mol. The molecule has 1 N–H and O–H groups in total. The van der Waals surface area contributed by atoms with Gasteiger partial charge in [0.2, 0.25) is 0 Å². The Morgan fingerprint density at radius 3 is 2.43 bits per heavy atom. The van der Waals surface area contributed by atoms with E-state index in [-0.39, 0.29) is 12.4 Å². The van der Waals surface area contributed by atoms with Gasteiger partial charge in [-0.2, -0.15) is 13.2 Å². The highest BCUT2D eigenvalue weighted by Crippen LogP contribution is 2.36. The number of hydrogen-bond acceptors (Lipinski definition) is 2. The monoisotopic (exact) mass is 295 g/mol. The van der Waals surface area contributed by atoms with Crippen LogP contribution < -0.4 is 10.1 Å². The van der Waals surface area contributed by atoms with Gasteiger partial charge in [-0.1, -0.05) is 36.4 Å². The number of hydrogen-bond donors (Lipinski definition) is 1. The predicted octanol–water partition coefficient (Wildman–Crippen LogP) is 4.00. The Morgan fingerprint density at radius 1 is 1.00 bits per heavy atom. The van der Waals surface area contributed by atoms with Crippen molar-refractivity contribution in [3.63, 3.8) is 0 Å². The molecule has 21 heavy (non-hydrogen) atoms. The summed E-state index contributed by atoms with van der Waals surface area (Å²) in [6.07, 6.45) is -4.41. The molecule has 0 bridgehead atoms. The highest BCUT2D eigenvalue weighted by atomic mass is 19.4. The van der Waals surface area contributed by atoms with Gasteiger partial charge in [0, 0.05) is 6.54 Å². The van der Waals surface area contributed by atoms with Crippen LogP contribution in [0.4, 0.5) is 13.2 Å². The highest BCUT2D eigenvalue weighted by Gasteiger charge is 2.33. The van der Waals surface area contributed by atoms with Gasteiger partial charge in [-0.05, 0) is 30.3 Å². The van der Waals surface area contributed by atoms with Crippen LogP contribution in [0, 0.1) is 0 Å². The van der Waals surface area contributed by atoms with Crippen molar-refractivity contribution in [3.8, 4) is 5.75 Å². The number of para-hydroxylation sites is 1. The van der Waals surface area contributed by atoms with Gasteiger partial charge in [0.05, 0.1) is 5.56 Å². The third kappa shape index (κ3) is 4.23. The molecule has 5 heteroatoms. The number of ether oxygens (including phenoxy) is 1. The zero-order valence-corrected chi connectivity index (χ0v) is 11.6. The number of nitrogens with one attached hydrogen (secondary N) is 1. The molecule has 0 heterocycles. The highest BCUT2D eigenvalue weighted by molar-refractivity contribution is 5.36. The molecule has 0 saturated carbocycles. The van der Waals surface area contributed by atoms with E-state index in [0.717, 1.165) is 17.2 Å². The van der Waals surface area contributed by atoms with E-state index in [2.05, 4.69) is 5.32 Å². The molecule has 0 radical (unpaired) electrons. The van der Waals surface area contributed by atoms with E-state index in [9.17, 15) is 13.2 Å². The van der Waals surface area contributed by atoms with Crippen molar-refractivity contribution in [2.45, 2.75) is 19.3 Å². The van der Waals surface area contributed by atoms with Crippen molar-refractivity contribution < 1.29 is 17.9 Å². The second-order valence-corrected chi connectivity index (χ2v) is 4.63. The van der Waals surface area contributed by atoms with Gasteiger partial charge in [-0.15, -0.1) is 0 Å². The molecule has 0 fully saturated rings. The molecule has 112 valence electrons. The quantitative estimate of drug-likeness (QED) is 0.900. The van der Waals surface area contributed by atoms with Gasteiger partial charge in [0.25, 0.3) is 0 Å². The van der Waals surface area contributed by atoms with Crippen molar-refractivity contribution in [3.05, 3.63) is 65.2 Å². The molecule has 2 aromatic rings. The molecule has 0 aliphatic heterocycles. The van der Waals surface area contributed by atoms with E-state index >= 15 is 0 Å². The summed E-state index contributed by atoms with van der Waals surface area (Å²) in [5, 5.41) is 3.02. The fourth-order valence-electron chi connectivity index (χ4n) is 2.02. The molecule has 0 saturated heterocycles. The van der Waals surface area contributed by atoms with Crippen LogP contribution in [0.1, 0.15) is 16.7 Å². The van der Waals surface area contributed by atoms with E-state index < -0.39 is 11.7 Å². The lowest BCUT2D eigenvalue weighted by molar-refractivity contribution is -0.139. The lowest BCUT2D eigenvalue weighted by atomic mass is 10.1. The Kier molecular flexibility index (Phi) is 4.85. The SMILES string of the molecule is CNCc1cccc(COc2ccccc2C(F)(F)F)c1. The molecule has 2 aromatic carbocycles. The van der Waals surface area contributed by atoms with Crippen molar-refractivity contribution in [2.75, 3.05) is 7.05 Å². The first-order chi connectivity index (χ1) is 10.0. The Labute approximate surface area is 121 Å². The second-order valence-electron chi connectivity index (χ2n) is 4.63. The Balaban J connectivity index is 2.12. The van der Waals surface area contributed by atoms with Crippen LogP contribution in [0.3, 0.4) is 0 Å². The third-order valence-corrected chi connectivity index (χ3v) is 2.96. The van der Waals surface area contributed by atoms with Gasteiger partial charge in [0.15, 0.2) is 0 Å². The van der Waals surface area contributed by atoms with E-state index in [1.807, 2.05) is 31.3 Å². The summed E-state index contributed by atoms with van der Waals surface area (Å²) in [7, 11) is 1.84. The number of halogens is 3. The number of rotatable bonds is 5. The van der Waals surface area contributed by atoms with Gasteiger partial charge in [-0.3, -0.25) is 0 Å². The molecule has 0 aromatic heterocycles. The molecule has 0 atom stereocenters. The lowest BCUT2D eigenvalue weighted by Crippen LogP contribution is -2.09. The van der Waals surface area contributed by atoms with Crippen molar-refractivity contribution in [1.82, 2.24) is 5.32 Å².